The zero-order valence-electron chi connectivity index (χ0n) is 11.1. The van der Waals surface area contributed by atoms with Crippen LogP contribution in [0.2, 0.25) is 0 Å². The number of carbonyl (C=O) groups excluding carboxylic acids is 2. The number of halogens is 1. The molecule has 0 bridgehead atoms. The fourth-order valence-electron chi connectivity index (χ4n) is 2.12. The van der Waals surface area contributed by atoms with Crippen molar-refractivity contribution in [2.24, 2.45) is 0 Å². The van der Waals surface area contributed by atoms with Gasteiger partial charge >= 0.3 is 0 Å². The van der Waals surface area contributed by atoms with Crippen LogP contribution in [0.25, 0.3) is 0 Å². The number of hydrogen-bond acceptors (Lipinski definition) is 2. The van der Waals surface area contributed by atoms with E-state index < -0.39 is 0 Å². The molecule has 5 heteroatoms. The van der Waals surface area contributed by atoms with E-state index in [1.807, 2.05) is 19.1 Å². The first-order chi connectivity index (χ1) is 8.99. The molecule has 1 aliphatic rings. The van der Waals surface area contributed by atoms with Gasteiger partial charge in [-0.3, -0.25) is 9.59 Å². The lowest BCUT2D eigenvalue weighted by Gasteiger charge is -2.20. The van der Waals surface area contributed by atoms with Crippen LogP contribution in [0.4, 0.5) is 0 Å². The third-order valence-corrected chi connectivity index (χ3v) is 4.26. The average molecular weight is 325 g/mol. The van der Waals surface area contributed by atoms with Gasteiger partial charge in [0.25, 0.3) is 5.91 Å². The van der Waals surface area contributed by atoms with Gasteiger partial charge in [-0.1, -0.05) is 15.9 Å². The van der Waals surface area contributed by atoms with Crippen LogP contribution in [0.1, 0.15) is 22.3 Å². The highest BCUT2D eigenvalue weighted by Gasteiger charge is 2.23. The fourth-order valence-corrected chi connectivity index (χ4v) is 2.37. The number of hydrogen-bond donors (Lipinski definition) is 0. The Kier molecular flexibility index (Phi) is 4.24. The van der Waals surface area contributed by atoms with Crippen molar-refractivity contribution in [3.8, 4) is 0 Å². The van der Waals surface area contributed by atoms with Gasteiger partial charge in [-0.05, 0) is 37.1 Å². The van der Waals surface area contributed by atoms with Crippen molar-refractivity contribution in [3.05, 3.63) is 33.8 Å². The second-order valence-corrected chi connectivity index (χ2v) is 5.71. The van der Waals surface area contributed by atoms with E-state index in [4.69, 9.17) is 0 Å². The number of amides is 2. The maximum absolute atomic E-state index is 12.4. The van der Waals surface area contributed by atoms with Crippen LogP contribution >= 0.6 is 15.9 Å². The topological polar surface area (TPSA) is 40.6 Å². The van der Waals surface area contributed by atoms with Gasteiger partial charge in [0.2, 0.25) is 5.91 Å². The van der Waals surface area contributed by atoms with Gasteiger partial charge in [-0.15, -0.1) is 0 Å². The predicted molar refractivity (Wildman–Crippen MR) is 77.0 cm³/mol. The number of benzene rings is 1. The fraction of sp³-hybridized carbons (Fsp3) is 0.429. The number of likely N-dealkylation sites (N-methyl/N-ethyl adjacent to an activating group) is 1. The van der Waals surface area contributed by atoms with Gasteiger partial charge in [0, 0.05) is 30.2 Å². The zero-order valence-corrected chi connectivity index (χ0v) is 12.7. The van der Waals surface area contributed by atoms with Crippen molar-refractivity contribution in [1.82, 2.24) is 9.80 Å². The van der Waals surface area contributed by atoms with E-state index in [1.54, 1.807) is 22.9 Å². The van der Waals surface area contributed by atoms with Crippen molar-refractivity contribution in [1.29, 1.82) is 0 Å². The van der Waals surface area contributed by atoms with Crippen LogP contribution in [0.3, 0.4) is 0 Å². The normalized spacial score (nSPS) is 16.5. The van der Waals surface area contributed by atoms with E-state index in [-0.39, 0.29) is 18.4 Å². The third kappa shape index (κ3) is 3.15. The first kappa shape index (κ1) is 14.1. The van der Waals surface area contributed by atoms with Crippen molar-refractivity contribution in [3.63, 3.8) is 0 Å². The van der Waals surface area contributed by atoms with Gasteiger partial charge < -0.3 is 9.80 Å². The molecule has 0 unspecified atom stereocenters. The van der Waals surface area contributed by atoms with E-state index in [1.165, 1.54) is 0 Å². The Bertz CT molecular complexity index is 516. The second kappa shape index (κ2) is 5.74. The highest BCUT2D eigenvalue weighted by Crippen LogP contribution is 2.18. The van der Waals surface area contributed by atoms with Gasteiger partial charge in [-0.2, -0.15) is 0 Å². The summed E-state index contributed by atoms with van der Waals surface area (Å²) in [6.07, 6.45) is 0.823. The van der Waals surface area contributed by atoms with E-state index in [0.29, 0.717) is 18.7 Å². The summed E-state index contributed by atoms with van der Waals surface area (Å²) >= 11 is 3.42. The molecule has 102 valence electrons. The summed E-state index contributed by atoms with van der Waals surface area (Å²) in [4.78, 5) is 27.5. The lowest BCUT2D eigenvalue weighted by Crippen LogP contribution is -2.38. The molecular weight excluding hydrogens is 308 g/mol. The monoisotopic (exact) mass is 324 g/mol. The Morgan fingerprint density at radius 1 is 1.32 bits per heavy atom. The molecule has 1 heterocycles. The molecule has 0 aromatic heterocycles. The molecule has 2 rings (SSSR count). The molecule has 4 nitrogen and oxygen atoms in total. The summed E-state index contributed by atoms with van der Waals surface area (Å²) < 4.78 is 0.982. The minimum Gasteiger partial charge on any atom is -0.344 e. The van der Waals surface area contributed by atoms with Gasteiger partial charge in [-0.25, -0.2) is 0 Å². The van der Waals surface area contributed by atoms with Gasteiger partial charge in [0.1, 0.15) is 6.54 Å². The SMILES string of the molecule is Cc1cc(C(=O)N2CCCN(C)C(=O)C2)ccc1Br. The molecule has 0 radical (unpaired) electrons. The van der Waals surface area contributed by atoms with Crippen molar-refractivity contribution < 1.29 is 9.59 Å². The molecule has 1 fully saturated rings. The molecule has 19 heavy (non-hydrogen) atoms. The summed E-state index contributed by atoms with van der Waals surface area (Å²) in [5, 5.41) is 0. The molecule has 2 amide bonds. The van der Waals surface area contributed by atoms with Crippen LogP contribution in [0, 0.1) is 6.92 Å². The van der Waals surface area contributed by atoms with Gasteiger partial charge in [0.05, 0.1) is 0 Å². The molecular formula is C14H17BrN2O2. The molecule has 1 aromatic carbocycles. The molecule has 0 N–H and O–H groups in total. The van der Waals surface area contributed by atoms with E-state index in [0.717, 1.165) is 16.5 Å². The Balaban J connectivity index is 2.18. The number of aryl methyl sites for hydroxylation is 1. The summed E-state index contributed by atoms with van der Waals surface area (Å²) in [7, 11) is 1.78. The van der Waals surface area contributed by atoms with Crippen LogP contribution < -0.4 is 0 Å². The van der Waals surface area contributed by atoms with Crippen molar-refractivity contribution in [2.45, 2.75) is 13.3 Å². The van der Waals surface area contributed by atoms with Crippen LogP contribution in [0.15, 0.2) is 22.7 Å². The maximum Gasteiger partial charge on any atom is 0.254 e. The maximum atomic E-state index is 12.4. The molecule has 1 aromatic rings. The smallest absolute Gasteiger partial charge is 0.254 e. The lowest BCUT2D eigenvalue weighted by atomic mass is 10.1. The largest absolute Gasteiger partial charge is 0.344 e. The number of carbonyl (C=O) groups is 2. The average Bonchev–Trinajstić information content (AvgIpc) is 2.55. The summed E-state index contributed by atoms with van der Waals surface area (Å²) in [5.41, 5.74) is 1.65. The lowest BCUT2D eigenvalue weighted by molar-refractivity contribution is -0.129. The standard InChI is InChI=1S/C14H17BrN2O2/c1-10-8-11(4-5-12(10)15)14(19)17-7-3-6-16(2)13(18)9-17/h4-5,8H,3,6-7,9H2,1-2H3. The molecule has 0 aliphatic carbocycles. The van der Waals surface area contributed by atoms with E-state index in [2.05, 4.69) is 15.9 Å². The third-order valence-electron chi connectivity index (χ3n) is 3.37. The molecule has 1 aliphatic heterocycles. The first-order valence-electron chi connectivity index (χ1n) is 6.28. The molecule has 1 saturated heterocycles. The van der Waals surface area contributed by atoms with E-state index in [9.17, 15) is 9.59 Å². The molecule has 0 saturated carbocycles. The zero-order chi connectivity index (χ0) is 14.0. The quantitative estimate of drug-likeness (QED) is 0.793. The van der Waals surface area contributed by atoms with Gasteiger partial charge in [0.15, 0.2) is 0 Å². The highest BCUT2D eigenvalue weighted by molar-refractivity contribution is 9.10. The van der Waals surface area contributed by atoms with Crippen LogP contribution in [-0.2, 0) is 4.79 Å². The summed E-state index contributed by atoms with van der Waals surface area (Å²) in [6.45, 7) is 3.46. The minimum absolute atomic E-state index is 0.000293. The van der Waals surface area contributed by atoms with E-state index >= 15 is 0 Å². The second-order valence-electron chi connectivity index (χ2n) is 4.86. The number of nitrogens with zero attached hydrogens (tertiary/aromatic N) is 2. The van der Waals surface area contributed by atoms with Crippen molar-refractivity contribution >= 4 is 27.7 Å². The first-order valence-corrected chi connectivity index (χ1v) is 7.07. The Hall–Kier alpha value is -1.36. The van der Waals surface area contributed by atoms with Crippen LogP contribution in [0.5, 0.6) is 0 Å². The van der Waals surface area contributed by atoms with Crippen molar-refractivity contribution in [2.75, 3.05) is 26.7 Å². The summed E-state index contributed by atoms with van der Waals surface area (Å²) in [6, 6.07) is 5.51. The molecule has 0 spiro atoms. The Morgan fingerprint density at radius 2 is 2.05 bits per heavy atom. The predicted octanol–water partition coefficient (Wildman–Crippen LogP) is 2.06. The summed E-state index contributed by atoms with van der Waals surface area (Å²) in [5.74, 6) is -0.0704. The molecule has 0 atom stereocenters. The Morgan fingerprint density at radius 3 is 2.74 bits per heavy atom. The minimum atomic E-state index is -0.0701. The number of rotatable bonds is 1. The van der Waals surface area contributed by atoms with Crippen LogP contribution in [-0.4, -0.2) is 48.3 Å². The Labute approximate surface area is 121 Å². The highest BCUT2D eigenvalue weighted by atomic mass is 79.9.